The molecule has 1 aromatic heterocycles. The molecule has 1 aromatic carbocycles. The summed E-state index contributed by atoms with van der Waals surface area (Å²) in [6.45, 7) is 0.880. The first-order valence-corrected chi connectivity index (χ1v) is 6.18. The number of nitrogens with one attached hydrogen (secondary N) is 2. The van der Waals surface area contributed by atoms with E-state index in [4.69, 9.17) is 4.74 Å². The van der Waals surface area contributed by atoms with Gasteiger partial charge in [-0.3, -0.25) is 0 Å². The molecule has 0 unspecified atom stereocenters. The predicted octanol–water partition coefficient (Wildman–Crippen LogP) is 0.843. The Bertz CT molecular complexity index is 582. The highest BCUT2D eigenvalue weighted by molar-refractivity contribution is 5.73. The van der Waals surface area contributed by atoms with Crippen LogP contribution in [-0.2, 0) is 17.9 Å². The van der Waals surface area contributed by atoms with Gasteiger partial charge in [0.15, 0.2) is 0 Å². The highest BCUT2D eigenvalue weighted by Crippen LogP contribution is 2.10. The summed E-state index contributed by atoms with van der Waals surface area (Å²) < 4.78 is 6.77. The van der Waals surface area contributed by atoms with Gasteiger partial charge in [-0.05, 0) is 17.7 Å². The van der Waals surface area contributed by atoms with E-state index in [1.807, 2.05) is 24.3 Å². The SMILES string of the molecule is CNC(=O)NCc1cn(-c2cccc(COC)c2)nn1. The standard InChI is InChI=1S/C13H17N5O2/c1-14-13(19)15-7-11-8-18(17-16-11)12-5-3-4-10(6-12)9-20-2/h3-6,8H,7,9H2,1-2H3,(H2,14,15,19). The van der Waals surface area contributed by atoms with E-state index in [9.17, 15) is 4.79 Å². The van der Waals surface area contributed by atoms with E-state index in [1.165, 1.54) is 0 Å². The van der Waals surface area contributed by atoms with Crippen LogP contribution in [0.3, 0.4) is 0 Å². The van der Waals surface area contributed by atoms with Gasteiger partial charge >= 0.3 is 6.03 Å². The van der Waals surface area contributed by atoms with Gasteiger partial charge in [-0.2, -0.15) is 0 Å². The number of hydrogen-bond acceptors (Lipinski definition) is 4. The second-order valence-electron chi connectivity index (χ2n) is 4.19. The van der Waals surface area contributed by atoms with Gasteiger partial charge in [0.1, 0.15) is 5.69 Å². The topological polar surface area (TPSA) is 81.1 Å². The smallest absolute Gasteiger partial charge is 0.314 e. The van der Waals surface area contributed by atoms with Crippen LogP contribution in [0.15, 0.2) is 30.5 Å². The Hall–Kier alpha value is -2.41. The van der Waals surface area contributed by atoms with Crippen LogP contribution in [0.1, 0.15) is 11.3 Å². The molecule has 20 heavy (non-hydrogen) atoms. The predicted molar refractivity (Wildman–Crippen MR) is 73.4 cm³/mol. The van der Waals surface area contributed by atoms with Crippen molar-refractivity contribution in [3.05, 3.63) is 41.7 Å². The first kappa shape index (κ1) is 14.0. The van der Waals surface area contributed by atoms with Crippen molar-refractivity contribution in [2.24, 2.45) is 0 Å². The number of urea groups is 1. The van der Waals surface area contributed by atoms with Crippen LogP contribution in [0, 0.1) is 0 Å². The number of benzene rings is 1. The molecule has 2 N–H and O–H groups in total. The molecule has 0 aliphatic heterocycles. The Morgan fingerprint density at radius 2 is 2.30 bits per heavy atom. The molecule has 7 heteroatoms. The number of amides is 2. The van der Waals surface area contributed by atoms with E-state index in [-0.39, 0.29) is 6.03 Å². The van der Waals surface area contributed by atoms with Gasteiger partial charge in [0, 0.05) is 14.2 Å². The largest absolute Gasteiger partial charge is 0.380 e. The highest BCUT2D eigenvalue weighted by Gasteiger charge is 2.05. The van der Waals surface area contributed by atoms with Crippen molar-refractivity contribution >= 4 is 6.03 Å². The summed E-state index contributed by atoms with van der Waals surface area (Å²) >= 11 is 0. The lowest BCUT2D eigenvalue weighted by Gasteiger charge is -2.03. The van der Waals surface area contributed by atoms with Gasteiger partial charge in [0.25, 0.3) is 0 Å². The average molecular weight is 275 g/mol. The molecule has 2 amide bonds. The molecule has 0 fully saturated rings. The summed E-state index contributed by atoms with van der Waals surface area (Å²) in [7, 11) is 3.22. The van der Waals surface area contributed by atoms with Gasteiger partial charge in [-0.1, -0.05) is 17.3 Å². The van der Waals surface area contributed by atoms with E-state index in [0.29, 0.717) is 18.8 Å². The molecule has 0 saturated heterocycles. The number of rotatable bonds is 5. The maximum atomic E-state index is 11.1. The molecular weight excluding hydrogens is 258 g/mol. The van der Waals surface area contributed by atoms with Crippen molar-refractivity contribution < 1.29 is 9.53 Å². The minimum atomic E-state index is -0.248. The Morgan fingerprint density at radius 1 is 1.45 bits per heavy atom. The molecule has 0 saturated carbocycles. The second kappa shape index (κ2) is 6.67. The number of nitrogens with zero attached hydrogens (tertiary/aromatic N) is 3. The van der Waals surface area contributed by atoms with Crippen molar-refractivity contribution in [2.75, 3.05) is 14.2 Å². The summed E-state index contributed by atoms with van der Waals surface area (Å²) in [4.78, 5) is 11.1. The summed E-state index contributed by atoms with van der Waals surface area (Å²) in [6, 6.07) is 7.59. The van der Waals surface area contributed by atoms with Crippen LogP contribution in [0.2, 0.25) is 0 Å². The summed E-state index contributed by atoms with van der Waals surface area (Å²) in [6.07, 6.45) is 1.78. The Kier molecular flexibility index (Phi) is 4.67. The fraction of sp³-hybridized carbons (Fsp3) is 0.308. The number of carbonyl (C=O) groups is 1. The highest BCUT2D eigenvalue weighted by atomic mass is 16.5. The molecular formula is C13H17N5O2. The number of hydrogen-bond donors (Lipinski definition) is 2. The van der Waals surface area contributed by atoms with E-state index >= 15 is 0 Å². The minimum Gasteiger partial charge on any atom is -0.380 e. The van der Waals surface area contributed by atoms with Gasteiger partial charge in [0.2, 0.25) is 0 Å². The molecule has 106 valence electrons. The Morgan fingerprint density at radius 3 is 3.05 bits per heavy atom. The minimum absolute atomic E-state index is 0.248. The molecule has 0 radical (unpaired) electrons. The normalized spacial score (nSPS) is 10.3. The fourth-order valence-corrected chi connectivity index (χ4v) is 1.72. The summed E-state index contributed by atoms with van der Waals surface area (Å²) in [5.41, 5.74) is 2.65. The van der Waals surface area contributed by atoms with Crippen LogP contribution in [0.4, 0.5) is 4.79 Å². The van der Waals surface area contributed by atoms with E-state index < -0.39 is 0 Å². The summed E-state index contributed by atoms with van der Waals surface area (Å²) in [5, 5.41) is 13.2. The van der Waals surface area contributed by atoms with E-state index in [1.54, 1.807) is 25.0 Å². The van der Waals surface area contributed by atoms with Crippen molar-refractivity contribution in [3.8, 4) is 5.69 Å². The van der Waals surface area contributed by atoms with Gasteiger partial charge < -0.3 is 15.4 Å². The van der Waals surface area contributed by atoms with E-state index in [2.05, 4.69) is 20.9 Å². The molecule has 1 heterocycles. The van der Waals surface area contributed by atoms with Crippen LogP contribution in [0.25, 0.3) is 5.69 Å². The maximum Gasteiger partial charge on any atom is 0.314 e. The number of aromatic nitrogens is 3. The van der Waals surface area contributed by atoms with Crippen LogP contribution < -0.4 is 10.6 Å². The molecule has 0 bridgehead atoms. The third kappa shape index (κ3) is 3.55. The number of methoxy groups -OCH3 is 1. The lowest BCUT2D eigenvalue weighted by molar-refractivity contribution is 0.185. The van der Waals surface area contributed by atoms with Crippen molar-refractivity contribution in [1.82, 2.24) is 25.6 Å². The van der Waals surface area contributed by atoms with Crippen molar-refractivity contribution in [3.63, 3.8) is 0 Å². The van der Waals surface area contributed by atoms with Crippen LogP contribution in [0.5, 0.6) is 0 Å². The maximum absolute atomic E-state index is 11.1. The molecule has 2 rings (SSSR count). The summed E-state index contributed by atoms with van der Waals surface area (Å²) in [5.74, 6) is 0. The Balaban J connectivity index is 2.08. The van der Waals surface area contributed by atoms with Gasteiger partial charge in [-0.15, -0.1) is 5.10 Å². The van der Waals surface area contributed by atoms with Crippen molar-refractivity contribution in [2.45, 2.75) is 13.2 Å². The lowest BCUT2D eigenvalue weighted by Crippen LogP contribution is -2.32. The third-order valence-corrected chi connectivity index (χ3v) is 2.68. The number of carbonyl (C=O) groups excluding carboxylic acids is 1. The fourth-order valence-electron chi connectivity index (χ4n) is 1.72. The quantitative estimate of drug-likeness (QED) is 0.847. The first-order valence-electron chi connectivity index (χ1n) is 6.18. The number of ether oxygens (including phenoxy) is 1. The molecule has 2 aromatic rings. The van der Waals surface area contributed by atoms with E-state index in [0.717, 1.165) is 11.3 Å². The molecule has 0 spiro atoms. The third-order valence-electron chi connectivity index (χ3n) is 2.68. The van der Waals surface area contributed by atoms with Crippen LogP contribution in [-0.4, -0.2) is 35.2 Å². The van der Waals surface area contributed by atoms with Crippen LogP contribution >= 0.6 is 0 Å². The second-order valence-corrected chi connectivity index (χ2v) is 4.19. The van der Waals surface area contributed by atoms with Gasteiger partial charge in [-0.25, -0.2) is 9.48 Å². The molecule has 7 nitrogen and oxygen atoms in total. The monoisotopic (exact) mass is 275 g/mol. The Labute approximate surface area is 116 Å². The lowest BCUT2D eigenvalue weighted by atomic mass is 10.2. The van der Waals surface area contributed by atoms with Crippen molar-refractivity contribution in [1.29, 1.82) is 0 Å². The molecule has 0 atom stereocenters. The molecule has 0 aliphatic carbocycles. The zero-order valence-corrected chi connectivity index (χ0v) is 11.5. The zero-order valence-electron chi connectivity index (χ0n) is 11.5. The first-order chi connectivity index (χ1) is 9.72. The van der Waals surface area contributed by atoms with Gasteiger partial charge in [0.05, 0.1) is 25.0 Å². The average Bonchev–Trinajstić information content (AvgIpc) is 2.94. The molecule has 0 aliphatic rings. The zero-order chi connectivity index (χ0) is 14.4.